The largest absolute Gasteiger partial charge is 0.342 e. The monoisotopic (exact) mass is 483 g/mol. The number of Topliss-reactive ketones (excluding diaryl/α,β-unsaturated/α-hetero) is 1. The van der Waals surface area contributed by atoms with Crippen LogP contribution in [-0.4, -0.2) is 36.1 Å². The molecule has 0 bridgehead atoms. The Morgan fingerprint density at radius 1 is 1.07 bits per heavy atom. The summed E-state index contributed by atoms with van der Waals surface area (Å²) in [6.07, 6.45) is 0. The van der Waals surface area contributed by atoms with E-state index < -0.39 is 36.4 Å². The number of ketones is 1. The summed E-state index contributed by atoms with van der Waals surface area (Å²) in [4.78, 5) is 24.4. The van der Waals surface area contributed by atoms with E-state index in [-0.39, 0.29) is 13.2 Å². The smallest absolute Gasteiger partial charge is 0.308 e. The molecule has 0 saturated heterocycles. The van der Waals surface area contributed by atoms with Gasteiger partial charge in [0.15, 0.2) is 5.78 Å². The highest BCUT2D eigenvalue weighted by Gasteiger charge is 2.48. The van der Waals surface area contributed by atoms with E-state index in [2.05, 4.69) is 15.9 Å². The van der Waals surface area contributed by atoms with Crippen LogP contribution in [0.5, 0.6) is 0 Å². The van der Waals surface area contributed by atoms with Crippen molar-refractivity contribution in [1.82, 2.24) is 0 Å². The SMILES string of the molecule is CCOP(=O)(OCC)[C@H](C(=O)c1ccccc1)[C@@H](C[N+](=O)[O-])c1ccc(Br)cc1. The Bertz CT molecular complexity index is 864. The van der Waals surface area contributed by atoms with E-state index in [1.165, 1.54) is 0 Å². The summed E-state index contributed by atoms with van der Waals surface area (Å²) >= 11 is 3.33. The first-order valence-electron chi connectivity index (χ1n) is 9.17. The number of nitro groups is 1. The minimum atomic E-state index is -4.01. The van der Waals surface area contributed by atoms with Crippen molar-refractivity contribution < 1.29 is 23.3 Å². The normalized spacial score (nSPS) is 13.6. The highest BCUT2D eigenvalue weighted by Crippen LogP contribution is 2.58. The predicted octanol–water partition coefficient (Wildman–Crippen LogP) is 5.33. The van der Waals surface area contributed by atoms with Crippen molar-refractivity contribution in [3.63, 3.8) is 0 Å². The minimum Gasteiger partial charge on any atom is -0.308 e. The number of carbonyl (C=O) groups excluding carboxylic acids is 1. The third-order valence-electron chi connectivity index (χ3n) is 4.31. The van der Waals surface area contributed by atoms with E-state index in [4.69, 9.17) is 9.05 Å². The summed E-state index contributed by atoms with van der Waals surface area (Å²) in [6.45, 7) is 2.77. The van der Waals surface area contributed by atoms with Gasteiger partial charge in [-0.05, 0) is 31.5 Å². The second-order valence-electron chi connectivity index (χ2n) is 6.22. The van der Waals surface area contributed by atoms with Gasteiger partial charge in [0.2, 0.25) is 6.54 Å². The van der Waals surface area contributed by atoms with Gasteiger partial charge in [0.25, 0.3) is 0 Å². The molecule has 0 spiro atoms. The van der Waals surface area contributed by atoms with Crippen LogP contribution in [0.2, 0.25) is 0 Å². The van der Waals surface area contributed by atoms with Gasteiger partial charge in [-0.2, -0.15) is 0 Å². The van der Waals surface area contributed by atoms with Gasteiger partial charge in [-0.1, -0.05) is 58.4 Å². The lowest BCUT2D eigenvalue weighted by atomic mass is 9.91. The van der Waals surface area contributed by atoms with Crippen molar-refractivity contribution in [2.75, 3.05) is 19.8 Å². The van der Waals surface area contributed by atoms with E-state index in [9.17, 15) is 19.5 Å². The Morgan fingerprint density at radius 3 is 2.10 bits per heavy atom. The summed E-state index contributed by atoms with van der Waals surface area (Å²) in [5, 5.41) is 11.5. The second kappa shape index (κ2) is 10.8. The highest BCUT2D eigenvalue weighted by atomic mass is 79.9. The average Bonchev–Trinajstić information content (AvgIpc) is 2.68. The third-order valence-corrected chi connectivity index (χ3v) is 7.35. The Labute approximate surface area is 178 Å². The highest BCUT2D eigenvalue weighted by molar-refractivity contribution is 9.10. The molecule has 0 unspecified atom stereocenters. The van der Waals surface area contributed by atoms with Crippen LogP contribution >= 0.6 is 23.5 Å². The number of halogens is 1. The zero-order valence-corrected chi connectivity index (χ0v) is 18.7. The van der Waals surface area contributed by atoms with Crippen molar-refractivity contribution >= 4 is 29.3 Å². The molecule has 0 aliphatic carbocycles. The summed E-state index contributed by atoms with van der Waals surface area (Å²) in [5.74, 6) is -1.50. The van der Waals surface area contributed by atoms with Crippen LogP contribution in [-0.2, 0) is 13.6 Å². The van der Waals surface area contributed by atoms with Crippen LogP contribution in [0.4, 0.5) is 0 Å². The maximum Gasteiger partial charge on any atom is 0.342 e. The van der Waals surface area contributed by atoms with E-state index in [1.54, 1.807) is 68.4 Å². The van der Waals surface area contributed by atoms with Crippen molar-refractivity contribution in [2.24, 2.45) is 0 Å². The van der Waals surface area contributed by atoms with E-state index in [0.717, 1.165) is 4.47 Å². The first-order chi connectivity index (χ1) is 13.8. The molecule has 2 rings (SSSR count). The summed E-state index contributed by atoms with van der Waals surface area (Å²) < 4.78 is 25.4. The maximum absolute atomic E-state index is 13.7. The topological polar surface area (TPSA) is 95.7 Å². The number of nitrogens with zero attached hydrogens (tertiary/aromatic N) is 1. The van der Waals surface area contributed by atoms with Crippen LogP contribution < -0.4 is 0 Å². The Hall–Kier alpha value is -1.86. The lowest BCUT2D eigenvalue weighted by Gasteiger charge is -2.30. The van der Waals surface area contributed by atoms with E-state index >= 15 is 0 Å². The molecule has 9 heteroatoms. The zero-order valence-electron chi connectivity index (χ0n) is 16.2. The molecule has 2 atom stereocenters. The molecule has 29 heavy (non-hydrogen) atoms. The fourth-order valence-electron chi connectivity index (χ4n) is 3.14. The van der Waals surface area contributed by atoms with Gasteiger partial charge >= 0.3 is 7.60 Å². The molecule has 2 aromatic carbocycles. The predicted molar refractivity (Wildman–Crippen MR) is 114 cm³/mol. The van der Waals surface area contributed by atoms with Gasteiger partial charge in [0.05, 0.1) is 19.1 Å². The molecule has 2 aromatic rings. The van der Waals surface area contributed by atoms with Gasteiger partial charge in [-0.3, -0.25) is 19.5 Å². The summed E-state index contributed by atoms with van der Waals surface area (Å²) in [5.41, 5.74) is -0.544. The molecule has 0 radical (unpaired) electrons. The fourth-order valence-corrected chi connectivity index (χ4v) is 5.66. The maximum atomic E-state index is 13.7. The lowest BCUT2D eigenvalue weighted by molar-refractivity contribution is -0.483. The molecule has 0 amide bonds. The summed E-state index contributed by atoms with van der Waals surface area (Å²) in [7, 11) is -4.01. The first kappa shape index (κ1) is 23.4. The van der Waals surface area contributed by atoms with Crippen LogP contribution in [0, 0.1) is 10.1 Å². The van der Waals surface area contributed by atoms with Crippen LogP contribution in [0.1, 0.15) is 35.7 Å². The first-order valence-corrected chi connectivity index (χ1v) is 11.6. The standard InChI is InChI=1S/C20H23BrNO6P/c1-3-27-29(26,28-4-2)20(19(23)16-8-6-5-7-9-16)18(14-22(24)25)15-10-12-17(21)13-11-15/h5-13,18,20H,3-4,14H2,1-2H3/t18-,20-/m0/s1. The molecule has 0 aliphatic rings. The molecule has 156 valence electrons. The van der Waals surface area contributed by atoms with E-state index in [1.807, 2.05) is 0 Å². The molecule has 0 aromatic heterocycles. The molecule has 0 aliphatic heterocycles. The zero-order chi connectivity index (χ0) is 21.4. The quantitative estimate of drug-likeness (QED) is 0.185. The van der Waals surface area contributed by atoms with Gasteiger partial charge in [-0.15, -0.1) is 0 Å². The van der Waals surface area contributed by atoms with Crippen molar-refractivity contribution in [1.29, 1.82) is 0 Å². The van der Waals surface area contributed by atoms with Crippen molar-refractivity contribution in [3.8, 4) is 0 Å². The second-order valence-corrected chi connectivity index (χ2v) is 9.29. The van der Waals surface area contributed by atoms with Gasteiger partial charge < -0.3 is 9.05 Å². The molecular formula is C20H23BrNO6P. The van der Waals surface area contributed by atoms with E-state index in [0.29, 0.717) is 11.1 Å². The van der Waals surface area contributed by atoms with Crippen LogP contribution in [0.25, 0.3) is 0 Å². The number of hydrogen-bond donors (Lipinski definition) is 0. The number of benzene rings is 2. The van der Waals surface area contributed by atoms with Gasteiger partial charge in [0, 0.05) is 15.0 Å². The van der Waals surface area contributed by atoms with Crippen molar-refractivity contribution in [2.45, 2.75) is 25.4 Å². The van der Waals surface area contributed by atoms with Crippen molar-refractivity contribution in [3.05, 3.63) is 80.3 Å². The third kappa shape index (κ3) is 6.06. The molecular weight excluding hydrogens is 461 g/mol. The van der Waals surface area contributed by atoms with Crippen LogP contribution in [0.15, 0.2) is 59.1 Å². The molecule has 0 N–H and O–H groups in total. The van der Waals surface area contributed by atoms with Gasteiger partial charge in [-0.25, -0.2) is 0 Å². The molecule has 0 saturated carbocycles. The Balaban J connectivity index is 2.66. The van der Waals surface area contributed by atoms with Gasteiger partial charge in [0.1, 0.15) is 5.66 Å². The lowest BCUT2D eigenvalue weighted by Crippen LogP contribution is -2.34. The fraction of sp³-hybridized carbons (Fsp3) is 0.350. The number of rotatable bonds is 11. The number of hydrogen-bond acceptors (Lipinski definition) is 6. The number of carbonyl (C=O) groups is 1. The molecule has 7 nitrogen and oxygen atoms in total. The van der Waals surface area contributed by atoms with Crippen LogP contribution in [0.3, 0.4) is 0 Å². The average molecular weight is 484 g/mol. The summed E-state index contributed by atoms with van der Waals surface area (Å²) in [6, 6.07) is 15.1. The minimum absolute atomic E-state index is 0.0430. The Kier molecular flexibility index (Phi) is 8.71. The Morgan fingerprint density at radius 2 is 1.62 bits per heavy atom. The molecule has 0 fully saturated rings. The molecule has 0 heterocycles.